The molecule has 1 amide bonds. The lowest BCUT2D eigenvalue weighted by Crippen LogP contribution is -2.21. The number of nitrogens with zero attached hydrogens (tertiary/aromatic N) is 3. The van der Waals surface area contributed by atoms with Gasteiger partial charge in [-0.3, -0.25) is 4.79 Å². The molecule has 2 aromatic carbocycles. The van der Waals surface area contributed by atoms with E-state index in [0.29, 0.717) is 11.3 Å². The summed E-state index contributed by atoms with van der Waals surface area (Å²) in [6.07, 6.45) is 1.86. The van der Waals surface area contributed by atoms with Crippen molar-refractivity contribution in [2.24, 2.45) is 5.10 Å². The fourth-order valence-corrected chi connectivity index (χ4v) is 3.71. The zero-order valence-corrected chi connectivity index (χ0v) is 17.0. The van der Waals surface area contributed by atoms with E-state index < -0.39 is 5.82 Å². The van der Waals surface area contributed by atoms with Crippen LogP contribution in [0.4, 0.5) is 10.1 Å². The van der Waals surface area contributed by atoms with E-state index in [2.05, 4.69) is 5.10 Å². The molecule has 0 bridgehead atoms. The smallest absolute Gasteiger partial charge is 0.280 e. The first-order chi connectivity index (χ1) is 13.9. The number of hydrogen-bond acceptors (Lipinski definition) is 2. The highest BCUT2D eigenvalue weighted by atomic mass is 35.5. The SMILES string of the molecule is CC1=NN(c2ccccc2)C(=O)/C1=C/c1cc(C)n(-c2ccc(F)c(Cl)c2)c1C. The number of carbonyl (C=O) groups excluding carboxylic acids is 1. The van der Waals surface area contributed by atoms with Crippen LogP contribution in [0.5, 0.6) is 0 Å². The number of carbonyl (C=O) groups is 1. The highest BCUT2D eigenvalue weighted by Crippen LogP contribution is 2.28. The topological polar surface area (TPSA) is 37.6 Å². The number of para-hydroxylation sites is 1. The van der Waals surface area contributed by atoms with Crippen LogP contribution in [-0.2, 0) is 4.79 Å². The van der Waals surface area contributed by atoms with Crippen LogP contribution in [-0.4, -0.2) is 16.2 Å². The summed E-state index contributed by atoms with van der Waals surface area (Å²) in [7, 11) is 0. The fourth-order valence-electron chi connectivity index (χ4n) is 3.54. The molecule has 0 N–H and O–H groups in total. The molecule has 0 atom stereocenters. The van der Waals surface area contributed by atoms with Crippen LogP contribution in [0, 0.1) is 19.7 Å². The number of anilines is 1. The second-order valence-electron chi connectivity index (χ2n) is 6.96. The van der Waals surface area contributed by atoms with Gasteiger partial charge in [-0.05, 0) is 68.8 Å². The number of benzene rings is 2. The minimum absolute atomic E-state index is 0.0716. The third-order valence-electron chi connectivity index (χ3n) is 4.99. The van der Waals surface area contributed by atoms with Crippen molar-refractivity contribution in [1.29, 1.82) is 0 Å². The zero-order chi connectivity index (χ0) is 20.7. The molecule has 0 unspecified atom stereocenters. The number of aromatic nitrogens is 1. The normalized spacial score (nSPS) is 15.3. The van der Waals surface area contributed by atoms with E-state index >= 15 is 0 Å². The van der Waals surface area contributed by atoms with Crippen LogP contribution >= 0.6 is 11.6 Å². The van der Waals surface area contributed by atoms with Gasteiger partial charge in [-0.25, -0.2) is 4.39 Å². The summed E-state index contributed by atoms with van der Waals surface area (Å²) in [5.74, 6) is -0.618. The summed E-state index contributed by atoms with van der Waals surface area (Å²) in [4.78, 5) is 13.0. The molecule has 0 saturated heterocycles. The molecule has 0 spiro atoms. The molecule has 1 aliphatic rings. The summed E-state index contributed by atoms with van der Waals surface area (Å²) in [6.45, 7) is 5.74. The number of rotatable bonds is 3. The Hall–Kier alpha value is -3.18. The minimum atomic E-state index is -0.454. The monoisotopic (exact) mass is 407 g/mol. The van der Waals surface area contributed by atoms with Gasteiger partial charge < -0.3 is 4.57 Å². The van der Waals surface area contributed by atoms with E-state index in [-0.39, 0.29) is 10.9 Å². The van der Waals surface area contributed by atoms with Crippen molar-refractivity contribution < 1.29 is 9.18 Å². The molecule has 0 radical (unpaired) electrons. The molecule has 3 aromatic rings. The van der Waals surface area contributed by atoms with Crippen molar-refractivity contribution >= 4 is 35.0 Å². The Morgan fingerprint density at radius 3 is 2.41 bits per heavy atom. The van der Waals surface area contributed by atoms with Crippen LogP contribution in [0.2, 0.25) is 5.02 Å². The van der Waals surface area contributed by atoms with Crippen molar-refractivity contribution in [2.45, 2.75) is 20.8 Å². The van der Waals surface area contributed by atoms with Crippen molar-refractivity contribution in [1.82, 2.24) is 4.57 Å². The molecule has 0 fully saturated rings. The zero-order valence-electron chi connectivity index (χ0n) is 16.3. The molecule has 0 saturated carbocycles. The lowest BCUT2D eigenvalue weighted by atomic mass is 10.1. The van der Waals surface area contributed by atoms with Crippen molar-refractivity contribution in [3.8, 4) is 5.69 Å². The summed E-state index contributed by atoms with van der Waals surface area (Å²) in [6, 6.07) is 16.0. The maximum atomic E-state index is 13.5. The second-order valence-corrected chi connectivity index (χ2v) is 7.36. The van der Waals surface area contributed by atoms with Gasteiger partial charge in [0, 0.05) is 17.1 Å². The van der Waals surface area contributed by atoms with Crippen molar-refractivity contribution in [2.75, 3.05) is 5.01 Å². The van der Waals surface area contributed by atoms with Crippen molar-refractivity contribution in [3.63, 3.8) is 0 Å². The van der Waals surface area contributed by atoms with E-state index in [9.17, 15) is 9.18 Å². The van der Waals surface area contributed by atoms with Crippen LogP contribution in [0.3, 0.4) is 0 Å². The highest BCUT2D eigenvalue weighted by Gasteiger charge is 2.29. The molecule has 4 nitrogen and oxygen atoms in total. The molecule has 2 heterocycles. The number of hydrogen-bond donors (Lipinski definition) is 0. The number of hydrazone groups is 1. The van der Waals surface area contributed by atoms with Gasteiger partial charge in [-0.1, -0.05) is 29.8 Å². The van der Waals surface area contributed by atoms with E-state index in [0.717, 1.165) is 28.3 Å². The molecule has 4 rings (SSSR count). The lowest BCUT2D eigenvalue weighted by Gasteiger charge is -2.11. The highest BCUT2D eigenvalue weighted by molar-refractivity contribution is 6.32. The van der Waals surface area contributed by atoms with Gasteiger partial charge in [-0.2, -0.15) is 10.1 Å². The van der Waals surface area contributed by atoms with Gasteiger partial charge in [0.05, 0.1) is 22.0 Å². The Kier molecular flexibility index (Phi) is 4.84. The number of aryl methyl sites for hydroxylation is 1. The number of amides is 1. The molecule has 146 valence electrons. The second kappa shape index (κ2) is 7.33. The Morgan fingerprint density at radius 1 is 1.00 bits per heavy atom. The van der Waals surface area contributed by atoms with E-state index in [1.54, 1.807) is 12.1 Å². The van der Waals surface area contributed by atoms with Gasteiger partial charge in [0.15, 0.2) is 0 Å². The van der Waals surface area contributed by atoms with Crippen LogP contribution in [0.25, 0.3) is 11.8 Å². The van der Waals surface area contributed by atoms with Crippen LogP contribution in [0.1, 0.15) is 23.9 Å². The average Bonchev–Trinajstić information content (AvgIpc) is 3.15. The molecule has 6 heteroatoms. The summed E-state index contributed by atoms with van der Waals surface area (Å²) >= 11 is 5.96. The van der Waals surface area contributed by atoms with E-state index in [1.807, 2.05) is 67.8 Å². The largest absolute Gasteiger partial charge is 0.318 e. The predicted molar refractivity (Wildman–Crippen MR) is 115 cm³/mol. The van der Waals surface area contributed by atoms with E-state index in [4.69, 9.17) is 11.6 Å². The predicted octanol–water partition coefficient (Wildman–Crippen LogP) is 5.69. The molecule has 29 heavy (non-hydrogen) atoms. The Bertz CT molecular complexity index is 1180. The van der Waals surface area contributed by atoms with Crippen LogP contribution < -0.4 is 5.01 Å². The molecule has 0 aliphatic carbocycles. The van der Waals surface area contributed by atoms with Gasteiger partial charge in [0.2, 0.25) is 0 Å². The molecular weight excluding hydrogens is 389 g/mol. The summed E-state index contributed by atoms with van der Waals surface area (Å²) < 4.78 is 15.5. The third kappa shape index (κ3) is 3.38. The molecule has 1 aromatic heterocycles. The Morgan fingerprint density at radius 2 is 1.72 bits per heavy atom. The Labute approximate surface area is 173 Å². The third-order valence-corrected chi connectivity index (χ3v) is 5.28. The molecular formula is C23H19ClFN3O. The average molecular weight is 408 g/mol. The van der Waals surface area contributed by atoms with Gasteiger partial charge in [0.25, 0.3) is 5.91 Å². The number of halogens is 2. The van der Waals surface area contributed by atoms with Gasteiger partial charge in [0.1, 0.15) is 5.82 Å². The first-order valence-electron chi connectivity index (χ1n) is 9.18. The van der Waals surface area contributed by atoms with Crippen molar-refractivity contribution in [3.05, 3.63) is 88.0 Å². The lowest BCUT2D eigenvalue weighted by molar-refractivity contribution is -0.114. The standard InChI is InChI=1S/C23H19ClFN3O/c1-14-11-17(16(3)27(14)19-9-10-22(25)21(24)13-19)12-20-15(2)26-28(23(20)29)18-7-5-4-6-8-18/h4-13H,1-3H3/b20-12+. The molecule has 1 aliphatic heterocycles. The van der Waals surface area contributed by atoms with Gasteiger partial charge >= 0.3 is 0 Å². The Balaban J connectivity index is 1.73. The van der Waals surface area contributed by atoms with E-state index in [1.165, 1.54) is 11.1 Å². The maximum Gasteiger partial charge on any atom is 0.280 e. The quantitative estimate of drug-likeness (QED) is 0.513. The minimum Gasteiger partial charge on any atom is -0.318 e. The first-order valence-corrected chi connectivity index (χ1v) is 9.56. The summed E-state index contributed by atoms with van der Waals surface area (Å²) in [5.41, 5.74) is 5.49. The van der Waals surface area contributed by atoms with Gasteiger partial charge in [-0.15, -0.1) is 0 Å². The maximum absolute atomic E-state index is 13.5. The summed E-state index contributed by atoms with van der Waals surface area (Å²) in [5, 5.41) is 5.91. The first kappa shape index (κ1) is 19.2. The fraction of sp³-hybridized carbons (Fsp3) is 0.130. The van der Waals surface area contributed by atoms with Crippen LogP contribution in [0.15, 0.2) is 65.3 Å².